The number of halogens is 1. The molecule has 0 bridgehead atoms. The second-order valence-corrected chi connectivity index (χ2v) is 4.60. The Morgan fingerprint density at radius 1 is 1.30 bits per heavy atom. The van der Waals surface area contributed by atoms with Gasteiger partial charge in [0.1, 0.15) is 11.6 Å². The van der Waals surface area contributed by atoms with Crippen LogP contribution < -0.4 is 11.3 Å². The van der Waals surface area contributed by atoms with Crippen molar-refractivity contribution in [2.24, 2.45) is 0 Å². The molecule has 0 aliphatic carbocycles. The van der Waals surface area contributed by atoms with Crippen LogP contribution in [-0.2, 0) is 6.42 Å². The van der Waals surface area contributed by atoms with Crippen LogP contribution in [0.5, 0.6) is 0 Å². The molecule has 0 spiro atoms. The highest BCUT2D eigenvalue weighted by molar-refractivity contribution is 5.70. The minimum atomic E-state index is -0.393. The minimum Gasteiger partial charge on any atom is -0.369 e. The Labute approximate surface area is 112 Å². The summed E-state index contributed by atoms with van der Waals surface area (Å²) in [5.41, 5.74) is 6.87. The third-order valence-corrected chi connectivity index (χ3v) is 3.00. The summed E-state index contributed by atoms with van der Waals surface area (Å²) < 4.78 is 13.8. The van der Waals surface area contributed by atoms with Crippen LogP contribution in [0.2, 0.25) is 0 Å². The number of nitrogens with two attached hydrogens (primary N) is 1. The number of nitrogens with one attached hydrogen (secondary N) is 2. The molecule has 0 aliphatic rings. The number of benzene rings is 1. The van der Waals surface area contributed by atoms with Gasteiger partial charge in [-0.25, -0.2) is 9.37 Å². The summed E-state index contributed by atoms with van der Waals surface area (Å²) in [6.45, 7) is 1.82. The summed E-state index contributed by atoms with van der Waals surface area (Å²) in [5.74, 6) is 0.167. The Bertz CT molecular complexity index is 852. The lowest BCUT2D eigenvalue weighted by molar-refractivity contribution is 0.611. The van der Waals surface area contributed by atoms with Crippen LogP contribution in [0.15, 0.2) is 23.0 Å². The molecule has 2 heterocycles. The molecule has 0 saturated heterocycles. The van der Waals surface area contributed by atoms with Crippen molar-refractivity contribution in [2.45, 2.75) is 13.3 Å². The number of hydrogen-bond donors (Lipinski definition) is 3. The molecule has 1 aromatic carbocycles. The number of nitrogen functional groups attached to an aromatic ring is 1. The SMILES string of the molecule is Cc1ccc(Cc2nc3nc(N)[nH]c(=O)c3[nH]2)c(F)c1. The third-order valence-electron chi connectivity index (χ3n) is 3.00. The number of fused-ring (bicyclic) bond motifs is 1. The van der Waals surface area contributed by atoms with E-state index in [0.29, 0.717) is 11.4 Å². The van der Waals surface area contributed by atoms with E-state index in [4.69, 9.17) is 5.73 Å². The topological polar surface area (TPSA) is 100 Å². The molecular formula is C13H12FN5O. The fourth-order valence-corrected chi connectivity index (χ4v) is 2.03. The van der Waals surface area contributed by atoms with Crippen molar-refractivity contribution in [3.8, 4) is 0 Å². The van der Waals surface area contributed by atoms with Crippen molar-refractivity contribution >= 4 is 17.1 Å². The largest absolute Gasteiger partial charge is 0.369 e. The average Bonchev–Trinajstić information content (AvgIpc) is 2.75. The summed E-state index contributed by atoms with van der Waals surface area (Å²) in [6.07, 6.45) is 0.252. The van der Waals surface area contributed by atoms with Crippen molar-refractivity contribution in [1.82, 2.24) is 19.9 Å². The summed E-state index contributed by atoms with van der Waals surface area (Å²) >= 11 is 0. The maximum absolute atomic E-state index is 13.8. The van der Waals surface area contributed by atoms with Gasteiger partial charge >= 0.3 is 0 Å². The lowest BCUT2D eigenvalue weighted by atomic mass is 10.1. The molecule has 0 saturated carbocycles. The molecule has 3 aromatic rings. The van der Waals surface area contributed by atoms with Crippen molar-refractivity contribution in [2.75, 3.05) is 5.73 Å². The lowest BCUT2D eigenvalue weighted by Crippen LogP contribution is -2.10. The zero-order valence-electron chi connectivity index (χ0n) is 10.7. The summed E-state index contributed by atoms with van der Waals surface area (Å²) in [7, 11) is 0. The van der Waals surface area contributed by atoms with E-state index < -0.39 is 5.56 Å². The first-order valence-corrected chi connectivity index (χ1v) is 6.02. The predicted molar refractivity (Wildman–Crippen MR) is 72.9 cm³/mol. The van der Waals surface area contributed by atoms with Crippen LogP contribution in [0.4, 0.5) is 10.3 Å². The number of anilines is 1. The van der Waals surface area contributed by atoms with Gasteiger partial charge in [0, 0.05) is 6.42 Å². The number of aromatic amines is 2. The number of aryl methyl sites for hydroxylation is 1. The summed E-state index contributed by atoms with van der Waals surface area (Å²) in [4.78, 5) is 25.0. The van der Waals surface area contributed by atoms with Gasteiger partial charge in [-0.2, -0.15) is 4.98 Å². The molecule has 102 valence electrons. The van der Waals surface area contributed by atoms with Crippen LogP contribution in [0.25, 0.3) is 11.2 Å². The molecule has 0 fully saturated rings. The van der Waals surface area contributed by atoms with E-state index in [9.17, 15) is 9.18 Å². The van der Waals surface area contributed by atoms with Crippen LogP contribution in [0.1, 0.15) is 17.0 Å². The maximum atomic E-state index is 13.8. The van der Waals surface area contributed by atoms with Crippen molar-refractivity contribution in [3.05, 3.63) is 51.3 Å². The average molecular weight is 273 g/mol. The molecule has 3 rings (SSSR count). The van der Waals surface area contributed by atoms with Crippen molar-refractivity contribution < 1.29 is 4.39 Å². The molecule has 0 aliphatic heterocycles. The van der Waals surface area contributed by atoms with Gasteiger partial charge in [0.05, 0.1) is 0 Å². The highest BCUT2D eigenvalue weighted by atomic mass is 19.1. The third kappa shape index (κ3) is 2.13. The van der Waals surface area contributed by atoms with E-state index in [1.165, 1.54) is 6.07 Å². The molecule has 0 atom stereocenters. The maximum Gasteiger partial charge on any atom is 0.278 e. The number of rotatable bonds is 2. The second-order valence-electron chi connectivity index (χ2n) is 4.60. The second kappa shape index (κ2) is 4.44. The van der Waals surface area contributed by atoms with Crippen LogP contribution in [-0.4, -0.2) is 19.9 Å². The molecule has 0 unspecified atom stereocenters. The van der Waals surface area contributed by atoms with E-state index in [0.717, 1.165) is 5.56 Å². The van der Waals surface area contributed by atoms with Crippen LogP contribution >= 0.6 is 0 Å². The van der Waals surface area contributed by atoms with Crippen LogP contribution in [0.3, 0.4) is 0 Å². The zero-order chi connectivity index (χ0) is 14.3. The molecule has 0 amide bonds. The molecule has 7 heteroatoms. The van der Waals surface area contributed by atoms with E-state index in [-0.39, 0.29) is 29.4 Å². The normalized spacial score (nSPS) is 11.1. The van der Waals surface area contributed by atoms with Crippen LogP contribution in [0, 0.1) is 12.7 Å². The van der Waals surface area contributed by atoms with Gasteiger partial charge in [-0.15, -0.1) is 0 Å². The zero-order valence-corrected chi connectivity index (χ0v) is 10.7. The highest BCUT2D eigenvalue weighted by Crippen LogP contribution is 2.14. The number of nitrogens with zero attached hydrogens (tertiary/aromatic N) is 2. The van der Waals surface area contributed by atoms with Gasteiger partial charge in [-0.3, -0.25) is 9.78 Å². The van der Waals surface area contributed by atoms with Gasteiger partial charge in [0.15, 0.2) is 11.2 Å². The van der Waals surface area contributed by atoms with Gasteiger partial charge in [0.25, 0.3) is 5.56 Å². The van der Waals surface area contributed by atoms with Crippen molar-refractivity contribution in [3.63, 3.8) is 0 Å². The Balaban J connectivity index is 2.03. The van der Waals surface area contributed by atoms with E-state index in [2.05, 4.69) is 19.9 Å². The van der Waals surface area contributed by atoms with E-state index in [1.807, 2.05) is 13.0 Å². The highest BCUT2D eigenvalue weighted by Gasteiger charge is 2.11. The number of imidazole rings is 1. The van der Waals surface area contributed by atoms with Gasteiger partial charge in [-0.05, 0) is 24.1 Å². The first-order valence-electron chi connectivity index (χ1n) is 6.02. The Hall–Kier alpha value is -2.70. The Morgan fingerprint density at radius 3 is 2.85 bits per heavy atom. The summed E-state index contributed by atoms with van der Waals surface area (Å²) in [6, 6.07) is 4.98. The first kappa shape index (κ1) is 12.3. The molecule has 4 N–H and O–H groups in total. The summed E-state index contributed by atoms with van der Waals surface area (Å²) in [5, 5.41) is 0. The van der Waals surface area contributed by atoms with Crippen molar-refractivity contribution in [1.29, 1.82) is 0 Å². The molecule has 6 nitrogen and oxygen atoms in total. The monoisotopic (exact) mass is 273 g/mol. The van der Waals surface area contributed by atoms with Gasteiger partial charge in [0.2, 0.25) is 5.95 Å². The standard InChI is InChI=1S/C13H12FN5O/c1-6-2-3-7(8(14)4-6)5-9-16-10-11(17-9)18-13(15)19-12(10)20/h2-4H,5H2,1H3,(H4,15,16,17,18,19,20). The van der Waals surface area contributed by atoms with E-state index in [1.54, 1.807) is 6.07 Å². The Morgan fingerprint density at radius 2 is 2.10 bits per heavy atom. The number of aromatic nitrogens is 4. The molecule has 20 heavy (non-hydrogen) atoms. The molecule has 2 aromatic heterocycles. The predicted octanol–water partition coefficient (Wildman–Crippen LogP) is 1.27. The minimum absolute atomic E-state index is 0.00191. The Kier molecular flexibility index (Phi) is 2.74. The van der Waals surface area contributed by atoms with Gasteiger partial charge < -0.3 is 10.7 Å². The first-order chi connectivity index (χ1) is 9.52. The van der Waals surface area contributed by atoms with E-state index >= 15 is 0 Å². The molecular weight excluding hydrogens is 261 g/mol. The lowest BCUT2D eigenvalue weighted by Gasteiger charge is -2.01. The number of hydrogen-bond acceptors (Lipinski definition) is 4. The van der Waals surface area contributed by atoms with Gasteiger partial charge in [-0.1, -0.05) is 12.1 Å². The fraction of sp³-hybridized carbons (Fsp3) is 0.154. The smallest absolute Gasteiger partial charge is 0.278 e. The quantitative estimate of drug-likeness (QED) is 0.654. The number of H-pyrrole nitrogens is 2. The molecule has 0 radical (unpaired) electrons. The fourth-order valence-electron chi connectivity index (χ4n) is 2.03.